The summed E-state index contributed by atoms with van der Waals surface area (Å²) in [4.78, 5) is 16.4. The Balaban J connectivity index is 2.06. The van der Waals surface area contributed by atoms with Crippen LogP contribution in [0.5, 0.6) is 0 Å². The average molecular weight is 399 g/mol. The molecule has 0 aliphatic heterocycles. The number of esters is 1. The Labute approximate surface area is 164 Å². The Hall–Kier alpha value is -3.61. The van der Waals surface area contributed by atoms with Crippen LogP contribution in [0.2, 0.25) is 0 Å². The predicted molar refractivity (Wildman–Crippen MR) is 105 cm³/mol. The van der Waals surface area contributed by atoms with E-state index in [0.29, 0.717) is 11.8 Å². The molecule has 0 aromatic heterocycles. The van der Waals surface area contributed by atoms with Crippen LogP contribution in [0.4, 0.5) is 18.9 Å². The van der Waals surface area contributed by atoms with Crippen LogP contribution in [0.3, 0.4) is 0 Å². The van der Waals surface area contributed by atoms with Gasteiger partial charge >= 0.3 is 5.97 Å². The van der Waals surface area contributed by atoms with Gasteiger partial charge in [-0.2, -0.15) is 0 Å². The molecule has 0 fully saturated rings. The Morgan fingerprint density at radius 2 is 1.69 bits per heavy atom. The first kappa shape index (κ1) is 20.1. The molecule has 0 radical (unpaired) electrons. The van der Waals surface area contributed by atoms with E-state index in [4.69, 9.17) is 4.74 Å². The molecular formula is C22H16F3NO3. The average Bonchev–Trinajstić information content (AvgIpc) is 2.70. The van der Waals surface area contributed by atoms with E-state index in [1.165, 1.54) is 0 Å². The van der Waals surface area contributed by atoms with E-state index in [2.05, 4.69) is 4.99 Å². The normalized spacial score (nSPS) is 12.3. The lowest BCUT2D eigenvalue weighted by atomic mass is 10.1. The molecule has 0 spiro atoms. The number of hydrogen-bond donors (Lipinski definition) is 1. The molecule has 4 nitrogen and oxygen atoms in total. The number of carbonyl (C=O) groups is 1. The molecule has 0 bridgehead atoms. The van der Waals surface area contributed by atoms with Gasteiger partial charge in [-0.1, -0.05) is 30.3 Å². The van der Waals surface area contributed by atoms with E-state index >= 15 is 0 Å². The first-order chi connectivity index (χ1) is 13.9. The summed E-state index contributed by atoms with van der Waals surface area (Å²) in [5.74, 6) is -5.92. The van der Waals surface area contributed by atoms with Crippen molar-refractivity contribution in [3.05, 3.63) is 83.2 Å². The third kappa shape index (κ3) is 4.45. The highest BCUT2D eigenvalue weighted by Crippen LogP contribution is 2.24. The number of rotatable bonds is 5. The molecule has 3 aromatic rings. The van der Waals surface area contributed by atoms with Crippen molar-refractivity contribution >= 4 is 34.4 Å². The monoisotopic (exact) mass is 399 g/mol. The standard InChI is InChI=1S/C22H16F3NO3/c1-2-29-22(28)17(21(27)16-10-19(24)20(25)11-18(16)23)12-26-15-8-7-13-5-3-4-6-14(13)9-15/h3-12,27H,2H2,1H3/b21-17+,26-12?. The fourth-order valence-electron chi connectivity index (χ4n) is 2.66. The van der Waals surface area contributed by atoms with Gasteiger partial charge in [0.05, 0.1) is 17.9 Å². The molecule has 0 heterocycles. The topological polar surface area (TPSA) is 58.9 Å². The number of ether oxygens (including phenoxy) is 1. The Bertz CT molecular complexity index is 1140. The highest BCUT2D eigenvalue weighted by Gasteiger charge is 2.21. The maximum atomic E-state index is 14.0. The molecule has 0 unspecified atom stereocenters. The van der Waals surface area contributed by atoms with Gasteiger partial charge in [-0.15, -0.1) is 0 Å². The summed E-state index contributed by atoms with van der Waals surface area (Å²) in [5.41, 5.74) is -0.717. The van der Waals surface area contributed by atoms with Crippen LogP contribution in [0.1, 0.15) is 12.5 Å². The fraction of sp³-hybridized carbons (Fsp3) is 0.0909. The number of fused-ring (bicyclic) bond motifs is 1. The Kier molecular flexibility index (Phi) is 5.97. The SMILES string of the molecule is CCOC(=O)/C(C=Nc1ccc2ccccc2c1)=C(/O)c1cc(F)c(F)cc1F. The van der Waals surface area contributed by atoms with Crippen molar-refractivity contribution in [2.45, 2.75) is 6.92 Å². The lowest BCUT2D eigenvalue weighted by Crippen LogP contribution is -2.12. The number of aliphatic hydroxyl groups is 1. The summed E-state index contributed by atoms with van der Waals surface area (Å²) >= 11 is 0. The molecule has 0 saturated heterocycles. The van der Waals surface area contributed by atoms with Crippen molar-refractivity contribution in [3.8, 4) is 0 Å². The summed E-state index contributed by atoms with van der Waals surface area (Å²) in [6.07, 6.45) is 0.998. The number of halogens is 3. The summed E-state index contributed by atoms with van der Waals surface area (Å²) in [7, 11) is 0. The van der Waals surface area contributed by atoms with Crippen molar-refractivity contribution < 1.29 is 27.8 Å². The van der Waals surface area contributed by atoms with E-state index in [1.807, 2.05) is 30.3 Å². The lowest BCUT2D eigenvalue weighted by molar-refractivity contribution is -0.137. The van der Waals surface area contributed by atoms with Crippen LogP contribution >= 0.6 is 0 Å². The maximum absolute atomic E-state index is 14.0. The second-order valence-electron chi connectivity index (χ2n) is 6.02. The number of hydrogen-bond acceptors (Lipinski definition) is 4. The molecule has 29 heavy (non-hydrogen) atoms. The largest absolute Gasteiger partial charge is 0.506 e. The minimum absolute atomic E-state index is 0.0142. The quantitative estimate of drug-likeness (QED) is 0.203. The highest BCUT2D eigenvalue weighted by molar-refractivity contribution is 6.15. The number of benzene rings is 3. The van der Waals surface area contributed by atoms with Crippen molar-refractivity contribution in [1.82, 2.24) is 0 Å². The van der Waals surface area contributed by atoms with E-state index in [9.17, 15) is 23.1 Å². The number of nitrogens with zero attached hydrogens (tertiary/aromatic N) is 1. The molecular weight excluding hydrogens is 383 g/mol. The number of aliphatic imine (C=N–C) groups is 1. The zero-order valence-corrected chi connectivity index (χ0v) is 15.3. The first-order valence-electron chi connectivity index (χ1n) is 8.69. The molecule has 1 N–H and O–H groups in total. The minimum atomic E-state index is -1.42. The summed E-state index contributed by atoms with van der Waals surface area (Å²) < 4.78 is 45.6. The highest BCUT2D eigenvalue weighted by atomic mass is 19.2. The summed E-state index contributed by atoms with van der Waals surface area (Å²) in [6.45, 7) is 1.53. The minimum Gasteiger partial charge on any atom is -0.506 e. The first-order valence-corrected chi connectivity index (χ1v) is 8.69. The molecule has 3 rings (SSSR count). The van der Waals surface area contributed by atoms with Gasteiger partial charge in [0, 0.05) is 12.3 Å². The fourth-order valence-corrected chi connectivity index (χ4v) is 2.66. The van der Waals surface area contributed by atoms with Crippen LogP contribution in [0.25, 0.3) is 16.5 Å². The molecule has 0 atom stereocenters. The van der Waals surface area contributed by atoms with Gasteiger partial charge in [0.1, 0.15) is 17.1 Å². The second kappa shape index (κ2) is 8.60. The molecule has 148 valence electrons. The second-order valence-corrected chi connectivity index (χ2v) is 6.02. The van der Waals surface area contributed by atoms with E-state index < -0.39 is 40.3 Å². The van der Waals surface area contributed by atoms with Crippen LogP contribution in [-0.4, -0.2) is 23.9 Å². The molecule has 3 aromatic carbocycles. The van der Waals surface area contributed by atoms with Crippen molar-refractivity contribution in [2.75, 3.05) is 6.61 Å². The van der Waals surface area contributed by atoms with Gasteiger partial charge in [-0.25, -0.2) is 18.0 Å². The zero-order chi connectivity index (χ0) is 21.0. The maximum Gasteiger partial charge on any atom is 0.343 e. The van der Waals surface area contributed by atoms with Gasteiger partial charge in [0.25, 0.3) is 0 Å². The molecule has 0 aliphatic carbocycles. The van der Waals surface area contributed by atoms with Gasteiger partial charge in [-0.05, 0) is 35.9 Å². The third-order valence-corrected chi connectivity index (χ3v) is 4.09. The van der Waals surface area contributed by atoms with E-state index in [0.717, 1.165) is 17.0 Å². The number of carbonyl (C=O) groups excluding carboxylic acids is 1. The van der Waals surface area contributed by atoms with E-state index in [-0.39, 0.29) is 12.7 Å². The van der Waals surface area contributed by atoms with Crippen molar-refractivity contribution in [1.29, 1.82) is 0 Å². The van der Waals surface area contributed by atoms with Crippen molar-refractivity contribution in [2.24, 2.45) is 4.99 Å². The molecule has 0 amide bonds. The van der Waals surface area contributed by atoms with E-state index in [1.54, 1.807) is 19.1 Å². The van der Waals surface area contributed by atoms with Crippen molar-refractivity contribution in [3.63, 3.8) is 0 Å². The molecule has 7 heteroatoms. The third-order valence-electron chi connectivity index (χ3n) is 4.09. The Morgan fingerprint density at radius 3 is 2.41 bits per heavy atom. The molecule has 0 saturated carbocycles. The van der Waals surface area contributed by atoms with Crippen LogP contribution in [-0.2, 0) is 9.53 Å². The van der Waals surface area contributed by atoms with Crippen LogP contribution < -0.4 is 0 Å². The summed E-state index contributed by atoms with van der Waals surface area (Å²) in [5, 5.41) is 12.3. The predicted octanol–water partition coefficient (Wildman–Crippen LogP) is 5.49. The van der Waals surface area contributed by atoms with Gasteiger partial charge in [0.2, 0.25) is 0 Å². The van der Waals surface area contributed by atoms with Gasteiger partial charge < -0.3 is 9.84 Å². The molecule has 0 aliphatic rings. The van der Waals surface area contributed by atoms with Crippen LogP contribution in [0, 0.1) is 17.5 Å². The Morgan fingerprint density at radius 1 is 1.00 bits per heavy atom. The smallest absolute Gasteiger partial charge is 0.343 e. The zero-order valence-electron chi connectivity index (χ0n) is 15.3. The lowest BCUT2D eigenvalue weighted by Gasteiger charge is -2.08. The number of aliphatic hydroxyl groups excluding tert-OH is 1. The summed E-state index contributed by atoms with van der Waals surface area (Å²) in [6, 6.07) is 13.6. The van der Waals surface area contributed by atoms with Gasteiger partial charge in [0.15, 0.2) is 11.6 Å². The van der Waals surface area contributed by atoms with Gasteiger partial charge in [-0.3, -0.25) is 4.99 Å². The van der Waals surface area contributed by atoms with Crippen LogP contribution in [0.15, 0.2) is 65.2 Å².